The average Bonchev–Trinajstić information content (AvgIpc) is 1.82. The number of aliphatic imine (C=N–C) groups is 1. The lowest BCUT2D eigenvalue weighted by atomic mass is 10.5. The van der Waals surface area contributed by atoms with E-state index in [1.807, 2.05) is 0 Å². The van der Waals surface area contributed by atoms with Crippen molar-refractivity contribution in [1.29, 1.82) is 0 Å². The third kappa shape index (κ3) is 0.877. The van der Waals surface area contributed by atoms with Crippen LogP contribution >= 0.6 is 0 Å². The van der Waals surface area contributed by atoms with Crippen LogP contribution in [-0.2, 0) is 0 Å². The summed E-state index contributed by atoms with van der Waals surface area (Å²) >= 11 is 0. The molecule has 1 unspecified atom stereocenters. The lowest BCUT2D eigenvalue weighted by molar-refractivity contribution is 0.399. The molecule has 0 aromatic rings. The zero-order chi connectivity index (χ0) is 6.20. The topological polar surface area (TPSA) is 88.5 Å². The zero-order valence-electron chi connectivity index (χ0n) is 4.60. The molecule has 1 aliphatic heterocycles. The average molecular weight is 115 g/mol. The molecule has 0 aromatic carbocycles. The van der Waals surface area contributed by atoms with Gasteiger partial charge in [0.2, 0.25) is 5.96 Å². The molecule has 0 aromatic heterocycles. The van der Waals surface area contributed by atoms with Crippen LogP contribution in [0, 0.1) is 0 Å². The van der Waals surface area contributed by atoms with E-state index in [1.54, 1.807) is 6.92 Å². The van der Waals surface area contributed by atoms with Crippen molar-refractivity contribution in [1.82, 2.24) is 10.9 Å². The van der Waals surface area contributed by atoms with Gasteiger partial charge in [-0.25, -0.2) is 4.99 Å². The summed E-state index contributed by atoms with van der Waals surface area (Å²) in [6.45, 7) is 1.71. The maximum atomic E-state index is 5.43. The molecule has 1 rings (SSSR count). The second-order valence-electron chi connectivity index (χ2n) is 1.89. The Bertz CT molecular complexity index is 126. The molecule has 8 heavy (non-hydrogen) atoms. The highest BCUT2D eigenvalue weighted by molar-refractivity contribution is 5.79. The molecule has 0 fully saturated rings. The molecule has 0 radical (unpaired) electrons. The molecule has 0 saturated carbocycles. The summed E-state index contributed by atoms with van der Waals surface area (Å²) in [5.41, 5.74) is 15.8. The standard InChI is InChI=1S/C3H9N5/c1-3(5)6-2(4)7-8-3/h8H,5H2,1H3,(H3,4,6,7). The Morgan fingerprint density at radius 3 is 2.50 bits per heavy atom. The Labute approximate surface area is 47.1 Å². The van der Waals surface area contributed by atoms with E-state index in [2.05, 4.69) is 15.8 Å². The summed E-state index contributed by atoms with van der Waals surface area (Å²) in [7, 11) is 0. The molecule has 0 amide bonds. The van der Waals surface area contributed by atoms with Crippen molar-refractivity contribution in [3.63, 3.8) is 0 Å². The van der Waals surface area contributed by atoms with Gasteiger partial charge in [0, 0.05) is 0 Å². The van der Waals surface area contributed by atoms with Gasteiger partial charge in [0.15, 0.2) is 5.79 Å². The first kappa shape index (κ1) is 5.33. The second kappa shape index (κ2) is 1.33. The van der Waals surface area contributed by atoms with E-state index in [-0.39, 0.29) is 0 Å². The van der Waals surface area contributed by atoms with E-state index in [4.69, 9.17) is 11.5 Å². The van der Waals surface area contributed by atoms with Gasteiger partial charge in [-0.3, -0.25) is 11.2 Å². The largest absolute Gasteiger partial charge is 0.369 e. The molecule has 1 aliphatic rings. The summed E-state index contributed by atoms with van der Waals surface area (Å²) in [6, 6.07) is 0. The van der Waals surface area contributed by atoms with Crippen LogP contribution in [0.1, 0.15) is 6.92 Å². The van der Waals surface area contributed by atoms with Crippen molar-refractivity contribution in [3.8, 4) is 0 Å². The number of hydrogen-bond acceptors (Lipinski definition) is 5. The maximum absolute atomic E-state index is 5.43. The van der Waals surface area contributed by atoms with Crippen LogP contribution < -0.4 is 22.3 Å². The number of guanidine groups is 1. The third-order valence-electron chi connectivity index (χ3n) is 0.796. The van der Waals surface area contributed by atoms with Gasteiger partial charge in [-0.05, 0) is 6.92 Å². The Morgan fingerprint density at radius 2 is 2.38 bits per heavy atom. The van der Waals surface area contributed by atoms with Crippen LogP contribution in [0.15, 0.2) is 4.99 Å². The molecule has 0 bridgehead atoms. The number of rotatable bonds is 0. The predicted octanol–water partition coefficient (Wildman–Crippen LogP) is -1.96. The van der Waals surface area contributed by atoms with E-state index >= 15 is 0 Å². The molecule has 0 saturated heterocycles. The highest BCUT2D eigenvalue weighted by atomic mass is 15.6. The van der Waals surface area contributed by atoms with Gasteiger partial charge >= 0.3 is 0 Å². The number of hydrogen-bond donors (Lipinski definition) is 4. The van der Waals surface area contributed by atoms with Crippen molar-refractivity contribution < 1.29 is 0 Å². The fourth-order valence-electron chi connectivity index (χ4n) is 0.497. The molecule has 5 nitrogen and oxygen atoms in total. The zero-order valence-corrected chi connectivity index (χ0v) is 4.60. The van der Waals surface area contributed by atoms with Gasteiger partial charge in [0.05, 0.1) is 0 Å². The monoisotopic (exact) mass is 115 g/mol. The van der Waals surface area contributed by atoms with E-state index in [9.17, 15) is 0 Å². The van der Waals surface area contributed by atoms with Crippen LogP contribution in [0.5, 0.6) is 0 Å². The van der Waals surface area contributed by atoms with Crippen molar-refractivity contribution in [2.75, 3.05) is 0 Å². The molecule has 1 atom stereocenters. The summed E-state index contributed by atoms with van der Waals surface area (Å²) in [5, 5.41) is 0. The van der Waals surface area contributed by atoms with E-state index < -0.39 is 5.79 Å². The molecular formula is C3H9N5. The van der Waals surface area contributed by atoms with E-state index in [0.717, 1.165) is 0 Å². The van der Waals surface area contributed by atoms with Crippen molar-refractivity contribution in [2.45, 2.75) is 12.7 Å². The Balaban J connectivity index is 2.67. The minimum Gasteiger partial charge on any atom is -0.369 e. The highest BCUT2D eigenvalue weighted by Gasteiger charge is 2.21. The van der Waals surface area contributed by atoms with Crippen LogP contribution in [0.3, 0.4) is 0 Å². The molecule has 6 N–H and O–H groups in total. The van der Waals surface area contributed by atoms with Gasteiger partial charge in [-0.2, -0.15) is 5.43 Å². The van der Waals surface area contributed by atoms with Gasteiger partial charge in [0.25, 0.3) is 0 Å². The molecular weight excluding hydrogens is 106 g/mol. The lowest BCUT2D eigenvalue weighted by Crippen LogP contribution is -2.50. The first-order valence-electron chi connectivity index (χ1n) is 2.27. The van der Waals surface area contributed by atoms with Crippen LogP contribution in [0.25, 0.3) is 0 Å². The molecule has 1 heterocycles. The minimum absolute atomic E-state index is 0.329. The minimum atomic E-state index is -0.732. The van der Waals surface area contributed by atoms with Gasteiger partial charge in [-0.15, -0.1) is 0 Å². The first-order chi connectivity index (χ1) is 3.60. The molecule has 46 valence electrons. The number of nitrogens with one attached hydrogen (secondary N) is 2. The summed E-state index contributed by atoms with van der Waals surface area (Å²) in [5.74, 6) is -0.403. The van der Waals surface area contributed by atoms with E-state index in [0.29, 0.717) is 5.96 Å². The fourth-order valence-corrected chi connectivity index (χ4v) is 0.497. The van der Waals surface area contributed by atoms with Crippen molar-refractivity contribution in [3.05, 3.63) is 0 Å². The molecule has 0 spiro atoms. The Morgan fingerprint density at radius 1 is 1.75 bits per heavy atom. The quantitative estimate of drug-likeness (QED) is 0.295. The normalized spacial score (nSPS) is 36.5. The van der Waals surface area contributed by atoms with Crippen molar-refractivity contribution >= 4 is 5.96 Å². The van der Waals surface area contributed by atoms with Crippen LogP contribution in [0.2, 0.25) is 0 Å². The Hall–Kier alpha value is -0.810. The SMILES string of the molecule is CC1(N)N=C(N)NN1. The van der Waals surface area contributed by atoms with Gasteiger partial charge in [-0.1, -0.05) is 0 Å². The Kier molecular flexibility index (Phi) is 0.887. The number of nitrogens with two attached hydrogens (primary N) is 2. The summed E-state index contributed by atoms with van der Waals surface area (Å²) < 4.78 is 0. The highest BCUT2D eigenvalue weighted by Crippen LogP contribution is 1.96. The maximum Gasteiger partial charge on any atom is 0.206 e. The van der Waals surface area contributed by atoms with Gasteiger partial charge < -0.3 is 5.73 Å². The molecule has 0 aliphatic carbocycles. The van der Waals surface area contributed by atoms with Crippen LogP contribution in [0.4, 0.5) is 0 Å². The van der Waals surface area contributed by atoms with Crippen LogP contribution in [-0.4, -0.2) is 11.7 Å². The number of hydrazine groups is 1. The molecule has 5 heteroatoms. The second-order valence-corrected chi connectivity index (χ2v) is 1.89. The summed E-state index contributed by atoms with van der Waals surface area (Å²) in [6.07, 6.45) is 0. The first-order valence-corrected chi connectivity index (χ1v) is 2.27. The lowest BCUT2D eigenvalue weighted by Gasteiger charge is -2.11. The fraction of sp³-hybridized carbons (Fsp3) is 0.667. The predicted molar refractivity (Wildman–Crippen MR) is 30.5 cm³/mol. The number of nitrogens with zero attached hydrogens (tertiary/aromatic N) is 1. The van der Waals surface area contributed by atoms with E-state index in [1.165, 1.54) is 0 Å². The van der Waals surface area contributed by atoms with Crippen molar-refractivity contribution in [2.24, 2.45) is 16.5 Å². The third-order valence-corrected chi connectivity index (χ3v) is 0.796. The smallest absolute Gasteiger partial charge is 0.206 e. The van der Waals surface area contributed by atoms with Gasteiger partial charge in [0.1, 0.15) is 0 Å². The summed E-state index contributed by atoms with van der Waals surface area (Å²) in [4.78, 5) is 3.77.